The lowest BCUT2D eigenvalue weighted by molar-refractivity contribution is -0.604. The monoisotopic (exact) mass is 476 g/mol. The van der Waals surface area contributed by atoms with E-state index in [9.17, 15) is 18.4 Å². The molecule has 1 saturated heterocycles. The number of fused-ring (bicyclic) bond motifs is 2. The van der Waals surface area contributed by atoms with Gasteiger partial charge in [-0.3, -0.25) is 5.32 Å². The number of nitrogens with zero attached hydrogens (tertiary/aromatic N) is 2. The zero-order valence-corrected chi connectivity index (χ0v) is 19.4. The number of urea groups is 1. The third kappa shape index (κ3) is 4.03. The predicted molar refractivity (Wildman–Crippen MR) is 120 cm³/mol. The van der Waals surface area contributed by atoms with Crippen LogP contribution in [0.2, 0.25) is 0 Å². The Balaban J connectivity index is 1.45. The van der Waals surface area contributed by atoms with Gasteiger partial charge in [0.05, 0.1) is 17.9 Å². The molecule has 2 amide bonds. The fourth-order valence-electron chi connectivity index (χ4n) is 5.20. The first-order valence-electron chi connectivity index (χ1n) is 11.4. The third-order valence-corrected chi connectivity index (χ3v) is 8.39. The molecule has 3 aliphatic rings. The second kappa shape index (κ2) is 8.71. The van der Waals surface area contributed by atoms with E-state index in [1.807, 2.05) is 0 Å². The number of ether oxygens (including phenoxy) is 1. The average Bonchev–Trinajstić information content (AvgIpc) is 3.55. The lowest BCUT2D eigenvalue weighted by Crippen LogP contribution is -3.14. The number of quaternary nitrogens is 1. The number of amides is 2. The van der Waals surface area contributed by atoms with Crippen LogP contribution in [0.4, 0.5) is 16.4 Å². The maximum atomic E-state index is 13.4. The van der Waals surface area contributed by atoms with E-state index < -0.39 is 26.8 Å². The molecule has 1 fully saturated rings. The van der Waals surface area contributed by atoms with Crippen molar-refractivity contribution in [3.63, 3.8) is 0 Å². The lowest BCUT2D eigenvalue weighted by atomic mass is 9.99. The number of aromatic nitrogens is 1. The van der Waals surface area contributed by atoms with E-state index in [0.717, 1.165) is 54.0 Å². The van der Waals surface area contributed by atoms with Crippen LogP contribution in [0.5, 0.6) is 0 Å². The van der Waals surface area contributed by atoms with E-state index in [4.69, 9.17) is 9.15 Å². The zero-order valence-electron chi connectivity index (χ0n) is 18.6. The fraction of sp³-hybridized carbons (Fsp3) is 0.545. The summed E-state index contributed by atoms with van der Waals surface area (Å²) < 4.78 is 37.1. The molecule has 2 N–H and O–H groups in total. The molecule has 2 heterocycles. The summed E-state index contributed by atoms with van der Waals surface area (Å²) >= 11 is 0. The first-order valence-corrected chi connectivity index (χ1v) is 12.9. The van der Waals surface area contributed by atoms with Gasteiger partial charge in [0, 0.05) is 20.1 Å². The standard InChI is InChI=1S/C22H28N4O6S/c1-14-23-13-20(32-14)25(17-8-10-31-11-9-17)33(29,30)26(28)22(27)24-21-18-6-2-4-15(18)12-16-5-3-7-19(16)21/h12-13,17,26H,2-11H2,1H3,(H,24,27). The SMILES string of the molecule is Cc1ncc(N(C2CCOCC2)S(=O)(=O)[NH+]([O-])C(=O)Nc2c3c(cc4c2CCC4)CCC3)o1. The molecule has 0 saturated carbocycles. The molecule has 2 aliphatic carbocycles. The van der Waals surface area contributed by atoms with Gasteiger partial charge in [-0.2, -0.15) is 17.2 Å². The first-order chi connectivity index (χ1) is 15.9. The highest BCUT2D eigenvalue weighted by molar-refractivity contribution is 7.86. The third-order valence-electron chi connectivity index (χ3n) is 6.74. The molecule has 1 aromatic heterocycles. The van der Waals surface area contributed by atoms with Crippen molar-refractivity contribution >= 4 is 27.8 Å². The molecular weight excluding hydrogens is 448 g/mol. The van der Waals surface area contributed by atoms with Crippen LogP contribution in [0.1, 0.15) is 53.8 Å². The van der Waals surface area contributed by atoms with E-state index in [1.165, 1.54) is 17.3 Å². The summed E-state index contributed by atoms with van der Waals surface area (Å²) in [4.78, 5) is 17.0. The number of anilines is 2. The smallest absolute Gasteiger partial charge is 0.436 e. The average molecular weight is 477 g/mol. The van der Waals surface area contributed by atoms with Crippen molar-refractivity contribution in [1.82, 2.24) is 4.98 Å². The van der Waals surface area contributed by atoms with Crippen LogP contribution >= 0.6 is 0 Å². The molecule has 0 spiro atoms. The molecule has 1 unspecified atom stereocenters. The predicted octanol–water partition coefficient (Wildman–Crippen LogP) is 1.81. The van der Waals surface area contributed by atoms with E-state index >= 15 is 0 Å². The van der Waals surface area contributed by atoms with Gasteiger partial charge in [0.15, 0.2) is 5.89 Å². The second-order valence-electron chi connectivity index (χ2n) is 8.84. The molecule has 0 bridgehead atoms. The first kappa shape index (κ1) is 22.3. The van der Waals surface area contributed by atoms with E-state index in [1.54, 1.807) is 6.92 Å². The molecule has 178 valence electrons. The van der Waals surface area contributed by atoms with Gasteiger partial charge >= 0.3 is 16.2 Å². The van der Waals surface area contributed by atoms with Gasteiger partial charge in [-0.05, 0) is 73.6 Å². The maximum absolute atomic E-state index is 13.4. The van der Waals surface area contributed by atoms with Gasteiger partial charge in [-0.25, -0.2) is 9.78 Å². The number of hydrogen-bond donors (Lipinski definition) is 2. The summed E-state index contributed by atoms with van der Waals surface area (Å²) in [5.41, 5.74) is 5.06. The van der Waals surface area contributed by atoms with Crippen molar-refractivity contribution in [1.29, 1.82) is 0 Å². The lowest BCUT2D eigenvalue weighted by Gasteiger charge is -2.34. The minimum absolute atomic E-state index is 0.0676. The Labute approximate surface area is 192 Å². The van der Waals surface area contributed by atoms with E-state index in [-0.39, 0.29) is 11.8 Å². The summed E-state index contributed by atoms with van der Waals surface area (Å²) in [6.45, 7) is 2.29. The van der Waals surface area contributed by atoms with E-state index in [2.05, 4.69) is 16.4 Å². The van der Waals surface area contributed by atoms with Crippen molar-refractivity contribution in [3.05, 3.63) is 45.6 Å². The second-order valence-corrected chi connectivity index (χ2v) is 10.6. The number of carbonyl (C=O) groups is 1. The number of rotatable bonds is 5. The highest BCUT2D eigenvalue weighted by Crippen LogP contribution is 2.38. The van der Waals surface area contributed by atoms with Crippen LogP contribution < -0.4 is 14.1 Å². The van der Waals surface area contributed by atoms with Gasteiger partial charge in [-0.15, -0.1) is 0 Å². The Kier molecular flexibility index (Phi) is 5.89. The normalized spacial score (nSPS) is 19.2. The molecule has 5 rings (SSSR count). The summed E-state index contributed by atoms with van der Waals surface area (Å²) in [6.07, 6.45) is 7.48. The van der Waals surface area contributed by atoms with Gasteiger partial charge in [0.1, 0.15) is 0 Å². The van der Waals surface area contributed by atoms with Crippen molar-refractivity contribution in [2.75, 3.05) is 22.8 Å². The minimum atomic E-state index is -4.69. The largest absolute Gasteiger partial charge is 0.608 e. The maximum Gasteiger partial charge on any atom is 0.436 e. The zero-order chi connectivity index (χ0) is 23.2. The number of carbonyl (C=O) groups excluding carboxylic acids is 1. The molecule has 1 aromatic carbocycles. The topological polar surface area (TPSA) is 129 Å². The molecule has 11 heteroatoms. The van der Waals surface area contributed by atoms with Crippen molar-refractivity contribution in [3.8, 4) is 0 Å². The Morgan fingerprint density at radius 1 is 1.15 bits per heavy atom. The van der Waals surface area contributed by atoms with Crippen molar-refractivity contribution in [2.24, 2.45) is 0 Å². The highest BCUT2D eigenvalue weighted by Gasteiger charge is 2.41. The van der Waals surface area contributed by atoms with Gasteiger partial charge in [0.2, 0.25) is 5.88 Å². The number of nitrogens with one attached hydrogen (secondary N) is 2. The Morgan fingerprint density at radius 3 is 2.36 bits per heavy atom. The summed E-state index contributed by atoms with van der Waals surface area (Å²) in [7, 11) is -4.69. The Bertz CT molecular complexity index is 1140. The van der Waals surface area contributed by atoms with Crippen LogP contribution in [0.3, 0.4) is 0 Å². The summed E-state index contributed by atoms with van der Waals surface area (Å²) in [6, 6.07) is 0.508. The molecule has 10 nitrogen and oxygen atoms in total. The van der Waals surface area contributed by atoms with Crippen LogP contribution in [-0.4, -0.2) is 38.7 Å². The number of hydroxylamine groups is 1. The van der Waals surface area contributed by atoms with Crippen molar-refractivity contribution < 1.29 is 26.8 Å². The van der Waals surface area contributed by atoms with Gasteiger partial charge < -0.3 is 14.4 Å². The molecule has 0 radical (unpaired) electrons. The molecular formula is C22H28N4O6S. The number of oxazole rings is 1. The molecule has 1 aliphatic heterocycles. The summed E-state index contributed by atoms with van der Waals surface area (Å²) in [5, 5.41) is 15.8. The van der Waals surface area contributed by atoms with Crippen LogP contribution in [0.15, 0.2) is 16.7 Å². The Hall–Kier alpha value is -2.47. The Morgan fingerprint density at radius 2 is 1.79 bits per heavy atom. The quantitative estimate of drug-likeness (QED) is 0.630. The molecule has 2 aromatic rings. The summed E-state index contributed by atoms with van der Waals surface area (Å²) in [5.74, 6) is 0.201. The van der Waals surface area contributed by atoms with Crippen molar-refractivity contribution in [2.45, 2.75) is 64.3 Å². The van der Waals surface area contributed by atoms with Crippen LogP contribution in [-0.2, 0) is 40.6 Å². The molecule has 1 atom stereocenters. The van der Waals surface area contributed by atoms with Crippen LogP contribution in [0, 0.1) is 12.1 Å². The number of hydrogen-bond acceptors (Lipinski definition) is 7. The highest BCUT2D eigenvalue weighted by atomic mass is 32.2. The van der Waals surface area contributed by atoms with Crippen LogP contribution in [0.25, 0.3) is 0 Å². The van der Waals surface area contributed by atoms with Gasteiger partial charge in [-0.1, -0.05) is 6.07 Å². The number of aryl methyl sites for hydroxylation is 3. The number of benzene rings is 1. The van der Waals surface area contributed by atoms with Gasteiger partial charge in [0.25, 0.3) is 0 Å². The minimum Gasteiger partial charge on any atom is -0.608 e. The van der Waals surface area contributed by atoms with E-state index in [0.29, 0.717) is 31.7 Å². The molecule has 33 heavy (non-hydrogen) atoms. The fourth-order valence-corrected chi connectivity index (χ4v) is 6.59.